The summed E-state index contributed by atoms with van der Waals surface area (Å²) in [6.07, 6.45) is 1.17. The predicted molar refractivity (Wildman–Crippen MR) is 70.7 cm³/mol. The van der Waals surface area contributed by atoms with Crippen molar-refractivity contribution in [2.45, 2.75) is 19.4 Å². The quantitative estimate of drug-likeness (QED) is 0.759. The van der Waals surface area contributed by atoms with E-state index < -0.39 is 10.8 Å². The minimum absolute atomic E-state index is 0.516. The van der Waals surface area contributed by atoms with Crippen LogP contribution in [0.25, 0.3) is 0 Å². The van der Waals surface area contributed by atoms with Gasteiger partial charge >= 0.3 is 0 Å². The Bertz CT molecular complexity index is 253. The van der Waals surface area contributed by atoms with Crippen molar-refractivity contribution in [3.8, 4) is 0 Å². The molecular weight excluding hydrogens is 236 g/mol. The molecule has 0 saturated carbocycles. The van der Waals surface area contributed by atoms with Gasteiger partial charge in [0.05, 0.1) is 13.2 Å². The molecule has 0 radical (unpaired) electrons. The lowest BCUT2D eigenvalue weighted by atomic mass is 10.0. The highest BCUT2D eigenvalue weighted by atomic mass is 32.2. The molecule has 2 fully saturated rings. The van der Waals surface area contributed by atoms with Crippen LogP contribution < -0.4 is 5.32 Å². The zero-order chi connectivity index (χ0) is 12.1. The maximum atomic E-state index is 11.3. The second-order valence-electron chi connectivity index (χ2n) is 5.01. The fourth-order valence-corrected chi connectivity index (χ4v) is 3.65. The molecule has 0 bridgehead atoms. The Morgan fingerprint density at radius 1 is 1.35 bits per heavy atom. The van der Waals surface area contributed by atoms with Gasteiger partial charge in [-0.1, -0.05) is 6.92 Å². The van der Waals surface area contributed by atoms with Crippen LogP contribution in [0.4, 0.5) is 0 Å². The van der Waals surface area contributed by atoms with Crippen molar-refractivity contribution < 1.29 is 8.95 Å². The molecule has 100 valence electrons. The van der Waals surface area contributed by atoms with E-state index in [2.05, 4.69) is 17.1 Å². The second-order valence-corrected chi connectivity index (χ2v) is 6.70. The predicted octanol–water partition coefficient (Wildman–Crippen LogP) is 0.0653. The van der Waals surface area contributed by atoms with Crippen molar-refractivity contribution in [2.24, 2.45) is 5.92 Å². The molecule has 0 spiro atoms. The molecule has 2 aliphatic rings. The molecule has 17 heavy (non-hydrogen) atoms. The Morgan fingerprint density at radius 2 is 2.12 bits per heavy atom. The summed E-state index contributed by atoms with van der Waals surface area (Å²) in [5.41, 5.74) is 0. The summed E-state index contributed by atoms with van der Waals surface area (Å²) >= 11 is 0. The molecule has 0 amide bonds. The number of hydrogen-bond donors (Lipinski definition) is 1. The average molecular weight is 260 g/mol. The van der Waals surface area contributed by atoms with Crippen molar-refractivity contribution in [3.63, 3.8) is 0 Å². The van der Waals surface area contributed by atoms with Crippen LogP contribution in [0.2, 0.25) is 0 Å². The first-order valence-corrected chi connectivity index (χ1v) is 8.17. The number of hydrogen-bond acceptors (Lipinski definition) is 4. The summed E-state index contributed by atoms with van der Waals surface area (Å²) in [7, 11) is -0.566. The van der Waals surface area contributed by atoms with E-state index in [1.165, 1.54) is 6.42 Å². The van der Waals surface area contributed by atoms with Crippen LogP contribution in [0, 0.1) is 5.92 Å². The Balaban J connectivity index is 1.75. The number of nitrogens with one attached hydrogen (secondary N) is 1. The molecule has 2 heterocycles. The van der Waals surface area contributed by atoms with E-state index in [4.69, 9.17) is 4.74 Å². The fourth-order valence-electron chi connectivity index (χ4n) is 2.52. The molecule has 0 aromatic heterocycles. The number of nitrogens with zero attached hydrogens (tertiary/aromatic N) is 1. The zero-order valence-electron chi connectivity index (χ0n) is 10.7. The van der Waals surface area contributed by atoms with Gasteiger partial charge < -0.3 is 15.0 Å². The Morgan fingerprint density at radius 3 is 2.82 bits per heavy atom. The molecule has 2 saturated heterocycles. The van der Waals surface area contributed by atoms with Crippen LogP contribution >= 0.6 is 0 Å². The minimum Gasteiger partial charge on any atom is -0.379 e. The molecule has 4 nitrogen and oxygen atoms in total. The van der Waals surface area contributed by atoms with Crippen LogP contribution in [0.3, 0.4) is 0 Å². The highest BCUT2D eigenvalue weighted by Gasteiger charge is 2.30. The van der Waals surface area contributed by atoms with Gasteiger partial charge in [-0.3, -0.25) is 4.21 Å². The van der Waals surface area contributed by atoms with E-state index in [1.807, 2.05) is 0 Å². The first kappa shape index (κ1) is 13.5. The molecule has 2 rings (SSSR count). The number of rotatable bonds is 5. The van der Waals surface area contributed by atoms with Crippen LogP contribution in [0.15, 0.2) is 0 Å². The highest BCUT2D eigenvalue weighted by molar-refractivity contribution is 7.85. The van der Waals surface area contributed by atoms with Gasteiger partial charge in [0.1, 0.15) is 0 Å². The van der Waals surface area contributed by atoms with Gasteiger partial charge in [0.25, 0.3) is 0 Å². The molecule has 1 N–H and O–H groups in total. The van der Waals surface area contributed by atoms with Crippen molar-refractivity contribution in [1.82, 2.24) is 10.2 Å². The molecule has 2 aliphatic heterocycles. The smallest absolute Gasteiger partial charge is 0.0623 e. The van der Waals surface area contributed by atoms with E-state index >= 15 is 0 Å². The second kappa shape index (κ2) is 6.83. The summed E-state index contributed by atoms with van der Waals surface area (Å²) < 4.78 is 16.9. The van der Waals surface area contributed by atoms with Gasteiger partial charge in [-0.15, -0.1) is 0 Å². The van der Waals surface area contributed by atoms with Crippen molar-refractivity contribution in [2.75, 3.05) is 50.9 Å². The normalized spacial score (nSPS) is 32.1. The Labute approximate surface area is 107 Å². The third kappa shape index (κ3) is 4.02. The SMILES string of the molecule is CCCNC1COCC1CN1CCS(=O)CC1. The van der Waals surface area contributed by atoms with Crippen molar-refractivity contribution in [1.29, 1.82) is 0 Å². The monoisotopic (exact) mass is 260 g/mol. The fraction of sp³-hybridized carbons (Fsp3) is 1.00. The van der Waals surface area contributed by atoms with Gasteiger partial charge in [0.15, 0.2) is 0 Å². The third-order valence-electron chi connectivity index (χ3n) is 3.62. The van der Waals surface area contributed by atoms with Gasteiger partial charge in [-0.05, 0) is 13.0 Å². The van der Waals surface area contributed by atoms with E-state index in [-0.39, 0.29) is 0 Å². The van der Waals surface area contributed by atoms with Crippen LogP contribution in [0.1, 0.15) is 13.3 Å². The molecule has 0 aromatic carbocycles. The van der Waals surface area contributed by atoms with Crippen molar-refractivity contribution in [3.05, 3.63) is 0 Å². The van der Waals surface area contributed by atoms with E-state index in [9.17, 15) is 4.21 Å². The molecule has 0 aromatic rings. The van der Waals surface area contributed by atoms with Crippen molar-refractivity contribution >= 4 is 10.8 Å². The largest absolute Gasteiger partial charge is 0.379 e. The summed E-state index contributed by atoms with van der Waals surface area (Å²) in [6.45, 7) is 8.07. The summed E-state index contributed by atoms with van der Waals surface area (Å²) in [6, 6.07) is 0.516. The molecular formula is C12H24N2O2S. The first-order chi connectivity index (χ1) is 8.29. The molecule has 2 atom stereocenters. The molecule has 5 heteroatoms. The van der Waals surface area contributed by atoms with E-state index in [0.29, 0.717) is 12.0 Å². The third-order valence-corrected chi connectivity index (χ3v) is 4.89. The van der Waals surface area contributed by atoms with Crippen LogP contribution in [-0.4, -0.2) is 66.0 Å². The van der Waals surface area contributed by atoms with E-state index in [0.717, 1.165) is 50.9 Å². The summed E-state index contributed by atoms with van der Waals surface area (Å²) in [4.78, 5) is 2.45. The van der Waals surface area contributed by atoms with Crippen LogP contribution in [0.5, 0.6) is 0 Å². The average Bonchev–Trinajstić information content (AvgIpc) is 2.77. The summed E-state index contributed by atoms with van der Waals surface area (Å²) in [5, 5.41) is 3.57. The van der Waals surface area contributed by atoms with Crippen LogP contribution in [-0.2, 0) is 15.5 Å². The lowest BCUT2D eigenvalue weighted by Crippen LogP contribution is -2.45. The highest BCUT2D eigenvalue weighted by Crippen LogP contribution is 2.16. The standard InChI is InChI=1S/C12H24N2O2S/c1-2-3-13-12-10-16-9-11(12)8-14-4-6-17(15)7-5-14/h11-13H,2-10H2,1H3. The van der Waals surface area contributed by atoms with E-state index in [1.54, 1.807) is 0 Å². The lowest BCUT2D eigenvalue weighted by molar-refractivity contribution is 0.170. The van der Waals surface area contributed by atoms with Gasteiger partial charge in [0.2, 0.25) is 0 Å². The Kier molecular flexibility index (Phi) is 5.41. The maximum absolute atomic E-state index is 11.3. The maximum Gasteiger partial charge on any atom is 0.0623 e. The molecule has 2 unspecified atom stereocenters. The lowest BCUT2D eigenvalue weighted by Gasteiger charge is -2.30. The zero-order valence-corrected chi connectivity index (χ0v) is 11.5. The first-order valence-electron chi connectivity index (χ1n) is 6.68. The Hall–Kier alpha value is 0.0300. The summed E-state index contributed by atoms with van der Waals surface area (Å²) in [5.74, 6) is 2.30. The van der Waals surface area contributed by atoms with Gasteiger partial charge in [-0.2, -0.15) is 0 Å². The topological polar surface area (TPSA) is 41.6 Å². The molecule has 0 aliphatic carbocycles. The van der Waals surface area contributed by atoms with Gasteiger partial charge in [-0.25, -0.2) is 0 Å². The number of ether oxygens (including phenoxy) is 1. The van der Waals surface area contributed by atoms with Gasteiger partial charge in [0, 0.05) is 53.9 Å². The minimum atomic E-state index is -0.566.